The first-order valence-electron chi connectivity index (χ1n) is 9.41. The van der Waals surface area contributed by atoms with Gasteiger partial charge in [-0.15, -0.1) is 0 Å². The fourth-order valence-electron chi connectivity index (χ4n) is 3.46. The number of hydrogen-bond donors (Lipinski definition) is 0. The number of carbonyl (C=O) groups is 1. The SMILES string of the molecule is Cc1csc(=O)n1CCOC(=O)c1cccc(S(=O)(=O)N2CCc3ccccc32)c1. The van der Waals surface area contributed by atoms with E-state index >= 15 is 0 Å². The van der Waals surface area contributed by atoms with Crippen molar-refractivity contribution in [2.24, 2.45) is 0 Å². The molecule has 2 heterocycles. The summed E-state index contributed by atoms with van der Waals surface area (Å²) in [6.07, 6.45) is 0.651. The number of carbonyl (C=O) groups excluding carboxylic acids is 1. The van der Waals surface area contributed by atoms with E-state index in [9.17, 15) is 18.0 Å². The van der Waals surface area contributed by atoms with Crippen LogP contribution in [0, 0.1) is 6.92 Å². The number of ether oxygens (including phenoxy) is 1. The van der Waals surface area contributed by atoms with E-state index in [-0.39, 0.29) is 28.5 Å². The van der Waals surface area contributed by atoms with Crippen molar-refractivity contribution in [2.45, 2.75) is 24.8 Å². The van der Waals surface area contributed by atoms with Crippen molar-refractivity contribution < 1.29 is 17.9 Å². The molecule has 0 amide bonds. The van der Waals surface area contributed by atoms with Crippen molar-refractivity contribution >= 4 is 33.0 Å². The number of esters is 1. The van der Waals surface area contributed by atoms with Crippen LogP contribution in [0.2, 0.25) is 0 Å². The lowest BCUT2D eigenvalue weighted by molar-refractivity contribution is 0.0490. The standard InChI is InChI=1S/C21H20N2O5S2/c1-15-14-29-21(25)22(15)11-12-28-20(24)17-6-4-7-18(13-17)30(26,27)23-10-9-16-5-2-3-8-19(16)23/h2-8,13-14H,9-12H2,1H3. The average Bonchev–Trinajstić information content (AvgIpc) is 3.32. The molecule has 0 fully saturated rings. The first-order chi connectivity index (χ1) is 14.4. The Bertz CT molecular complexity index is 1260. The summed E-state index contributed by atoms with van der Waals surface area (Å²) in [5.41, 5.74) is 2.61. The molecule has 1 aliphatic heterocycles. The lowest BCUT2D eigenvalue weighted by atomic mass is 10.2. The third kappa shape index (κ3) is 3.78. The number of thiazole rings is 1. The van der Waals surface area contributed by atoms with Gasteiger partial charge in [0, 0.05) is 17.6 Å². The molecule has 0 atom stereocenters. The molecule has 0 unspecified atom stereocenters. The molecule has 0 bridgehead atoms. The Morgan fingerprint density at radius 2 is 1.97 bits per heavy atom. The minimum atomic E-state index is -3.79. The van der Waals surface area contributed by atoms with Gasteiger partial charge in [-0.3, -0.25) is 13.7 Å². The maximum atomic E-state index is 13.2. The Morgan fingerprint density at radius 1 is 1.17 bits per heavy atom. The van der Waals surface area contributed by atoms with Crippen LogP contribution in [0.4, 0.5) is 5.69 Å². The first kappa shape index (κ1) is 20.4. The molecule has 0 spiro atoms. The third-order valence-corrected chi connectivity index (χ3v) is 7.72. The zero-order valence-corrected chi connectivity index (χ0v) is 17.9. The molecule has 0 saturated heterocycles. The van der Waals surface area contributed by atoms with Gasteiger partial charge in [0.2, 0.25) is 0 Å². The van der Waals surface area contributed by atoms with Crippen LogP contribution in [0.1, 0.15) is 21.6 Å². The fourth-order valence-corrected chi connectivity index (χ4v) is 5.77. The van der Waals surface area contributed by atoms with E-state index in [1.807, 2.05) is 19.1 Å². The second-order valence-electron chi connectivity index (χ2n) is 6.91. The van der Waals surface area contributed by atoms with Crippen LogP contribution in [0.15, 0.2) is 63.6 Å². The summed E-state index contributed by atoms with van der Waals surface area (Å²) < 4.78 is 34.5. The minimum Gasteiger partial charge on any atom is -0.460 e. The Morgan fingerprint density at radius 3 is 2.73 bits per heavy atom. The summed E-state index contributed by atoms with van der Waals surface area (Å²) in [4.78, 5) is 24.1. The highest BCUT2D eigenvalue weighted by Crippen LogP contribution is 2.32. The van der Waals surface area contributed by atoms with Gasteiger partial charge in [0.05, 0.1) is 22.7 Å². The third-order valence-electron chi connectivity index (χ3n) is 5.03. The van der Waals surface area contributed by atoms with Gasteiger partial charge in [-0.05, 0) is 43.2 Å². The van der Waals surface area contributed by atoms with E-state index in [1.165, 1.54) is 33.1 Å². The average molecular weight is 445 g/mol. The summed E-state index contributed by atoms with van der Waals surface area (Å²) in [6, 6.07) is 13.2. The molecule has 2 aromatic carbocycles. The second kappa shape index (κ2) is 8.08. The second-order valence-corrected chi connectivity index (χ2v) is 9.60. The van der Waals surface area contributed by atoms with Crippen LogP contribution in [-0.4, -0.2) is 32.1 Å². The Kier molecular flexibility index (Phi) is 5.48. The van der Waals surface area contributed by atoms with E-state index in [4.69, 9.17) is 4.74 Å². The van der Waals surface area contributed by atoms with Gasteiger partial charge in [-0.25, -0.2) is 13.2 Å². The number of sulfonamides is 1. The molecular formula is C21H20N2O5S2. The molecule has 30 heavy (non-hydrogen) atoms. The largest absolute Gasteiger partial charge is 0.460 e. The molecule has 1 aliphatic rings. The summed E-state index contributed by atoms with van der Waals surface area (Å²) in [5.74, 6) is -0.630. The van der Waals surface area contributed by atoms with E-state index in [2.05, 4.69) is 0 Å². The van der Waals surface area contributed by atoms with Crippen molar-refractivity contribution in [2.75, 3.05) is 17.5 Å². The summed E-state index contributed by atoms with van der Waals surface area (Å²) in [7, 11) is -3.79. The van der Waals surface area contributed by atoms with Crippen molar-refractivity contribution in [3.63, 3.8) is 0 Å². The molecule has 0 radical (unpaired) electrons. The van der Waals surface area contributed by atoms with Crippen LogP contribution < -0.4 is 9.18 Å². The van der Waals surface area contributed by atoms with Crippen LogP contribution in [0.5, 0.6) is 0 Å². The lowest BCUT2D eigenvalue weighted by Crippen LogP contribution is -2.29. The highest BCUT2D eigenvalue weighted by atomic mass is 32.2. The molecule has 7 nitrogen and oxygen atoms in total. The van der Waals surface area contributed by atoms with Gasteiger partial charge < -0.3 is 4.74 Å². The summed E-state index contributed by atoms with van der Waals surface area (Å²) >= 11 is 1.09. The van der Waals surface area contributed by atoms with Gasteiger partial charge in [0.25, 0.3) is 10.0 Å². The molecule has 0 N–H and O–H groups in total. The molecule has 156 valence electrons. The van der Waals surface area contributed by atoms with Gasteiger partial charge in [0.1, 0.15) is 6.61 Å². The van der Waals surface area contributed by atoms with E-state index < -0.39 is 16.0 Å². The zero-order chi connectivity index (χ0) is 21.3. The zero-order valence-electron chi connectivity index (χ0n) is 16.3. The number of aromatic nitrogens is 1. The molecule has 0 aliphatic carbocycles. The summed E-state index contributed by atoms with van der Waals surface area (Å²) in [5, 5.41) is 1.75. The van der Waals surface area contributed by atoms with Gasteiger partial charge in [0.15, 0.2) is 0 Å². The first-order valence-corrected chi connectivity index (χ1v) is 11.7. The number of aryl methyl sites for hydroxylation is 1. The van der Waals surface area contributed by atoms with E-state index in [0.717, 1.165) is 22.6 Å². The molecule has 4 rings (SSSR count). The van der Waals surface area contributed by atoms with E-state index in [0.29, 0.717) is 18.7 Å². The minimum absolute atomic E-state index is 0.0206. The van der Waals surface area contributed by atoms with E-state index in [1.54, 1.807) is 17.5 Å². The normalized spacial score (nSPS) is 13.3. The molecular weight excluding hydrogens is 424 g/mol. The highest BCUT2D eigenvalue weighted by Gasteiger charge is 2.31. The predicted octanol–water partition coefficient (Wildman–Crippen LogP) is 2.83. The molecule has 0 saturated carbocycles. The Hall–Kier alpha value is -2.91. The monoisotopic (exact) mass is 444 g/mol. The Balaban J connectivity index is 1.50. The maximum Gasteiger partial charge on any atom is 0.338 e. The van der Waals surface area contributed by atoms with Gasteiger partial charge in [-0.2, -0.15) is 0 Å². The van der Waals surface area contributed by atoms with Crippen molar-refractivity contribution in [1.29, 1.82) is 0 Å². The number of fused-ring (bicyclic) bond motifs is 1. The number of benzene rings is 2. The number of para-hydroxylation sites is 1. The molecule has 3 aromatic rings. The van der Waals surface area contributed by atoms with Gasteiger partial charge in [-0.1, -0.05) is 35.6 Å². The topological polar surface area (TPSA) is 85.7 Å². The lowest BCUT2D eigenvalue weighted by Gasteiger charge is -2.19. The molecule has 9 heteroatoms. The number of hydrogen-bond acceptors (Lipinski definition) is 6. The van der Waals surface area contributed by atoms with Crippen molar-refractivity contribution in [3.05, 3.63) is 80.4 Å². The van der Waals surface area contributed by atoms with Crippen LogP contribution in [-0.2, 0) is 27.7 Å². The smallest absolute Gasteiger partial charge is 0.338 e. The number of nitrogens with zero attached hydrogens (tertiary/aromatic N) is 2. The van der Waals surface area contributed by atoms with Crippen LogP contribution in [0.25, 0.3) is 0 Å². The number of anilines is 1. The van der Waals surface area contributed by atoms with Crippen LogP contribution in [0.3, 0.4) is 0 Å². The molecule has 1 aromatic heterocycles. The van der Waals surface area contributed by atoms with Crippen molar-refractivity contribution in [3.8, 4) is 0 Å². The number of rotatable bonds is 6. The highest BCUT2D eigenvalue weighted by molar-refractivity contribution is 7.92. The van der Waals surface area contributed by atoms with Crippen molar-refractivity contribution in [1.82, 2.24) is 4.57 Å². The fraction of sp³-hybridized carbons (Fsp3) is 0.238. The van der Waals surface area contributed by atoms with Crippen LogP contribution >= 0.6 is 11.3 Å². The quantitative estimate of drug-likeness (QED) is 0.546. The van der Waals surface area contributed by atoms with Gasteiger partial charge >= 0.3 is 10.8 Å². The maximum absolute atomic E-state index is 13.2. The predicted molar refractivity (Wildman–Crippen MR) is 115 cm³/mol. The Labute approximate surface area is 178 Å². The summed E-state index contributed by atoms with van der Waals surface area (Å²) in [6.45, 7) is 2.45.